The second-order valence-corrected chi connectivity index (χ2v) is 4.42. The Hall–Kier alpha value is -1.62. The molecule has 0 aliphatic rings. The summed E-state index contributed by atoms with van der Waals surface area (Å²) in [5.41, 5.74) is 8.25. The largest absolute Gasteiger partial charge is 0.478 e. The Balaban J connectivity index is 2.25. The minimum atomic E-state index is 0.362. The van der Waals surface area contributed by atoms with Gasteiger partial charge in [-0.15, -0.1) is 5.10 Å². The molecule has 0 saturated heterocycles. The van der Waals surface area contributed by atoms with Gasteiger partial charge in [0, 0.05) is 10.9 Å². The Morgan fingerprint density at radius 3 is 2.71 bits per heavy atom. The van der Waals surface area contributed by atoms with Gasteiger partial charge in [-0.3, -0.25) is 0 Å². The van der Waals surface area contributed by atoms with Crippen LogP contribution < -0.4 is 10.5 Å². The van der Waals surface area contributed by atoms with Crippen LogP contribution in [0.2, 0.25) is 0 Å². The number of nitrogen functional groups attached to an aromatic ring is 1. The summed E-state index contributed by atoms with van der Waals surface area (Å²) >= 11 is 3.50. The molecule has 0 atom stereocenters. The van der Waals surface area contributed by atoms with Gasteiger partial charge in [0.15, 0.2) is 0 Å². The van der Waals surface area contributed by atoms with Crippen molar-refractivity contribution in [3.05, 3.63) is 46.1 Å². The molecule has 0 unspecified atom stereocenters. The molecule has 0 aliphatic carbocycles. The molecule has 88 valence electrons. The number of ether oxygens (including phenoxy) is 1. The number of nitrogens with zero attached hydrogens (tertiary/aromatic N) is 2. The standard InChI is InChI=1S/C12H12BrN3O/c1-17-12-11(14)7-9(15-16-12)6-8-4-2-3-5-10(8)13/h2-5,7H,6H2,1H3,(H2,14,15). The summed E-state index contributed by atoms with van der Waals surface area (Å²) in [6.07, 6.45) is 0.683. The predicted octanol–water partition coefficient (Wildman–Crippen LogP) is 2.42. The smallest absolute Gasteiger partial charge is 0.256 e. The quantitative estimate of drug-likeness (QED) is 0.944. The van der Waals surface area contributed by atoms with Gasteiger partial charge >= 0.3 is 0 Å². The van der Waals surface area contributed by atoms with E-state index in [0.29, 0.717) is 18.0 Å². The molecular formula is C12H12BrN3O. The van der Waals surface area contributed by atoms with Crippen LogP contribution in [0.5, 0.6) is 5.88 Å². The van der Waals surface area contributed by atoms with Crippen LogP contribution in [0.3, 0.4) is 0 Å². The molecule has 0 radical (unpaired) electrons. The molecule has 1 aromatic heterocycles. The Bertz CT molecular complexity index is 531. The normalized spacial score (nSPS) is 10.2. The van der Waals surface area contributed by atoms with Gasteiger partial charge in [0.1, 0.15) is 0 Å². The molecule has 0 fully saturated rings. The fourth-order valence-corrected chi connectivity index (χ4v) is 1.94. The maximum atomic E-state index is 5.78. The Labute approximate surface area is 108 Å². The first kappa shape index (κ1) is 11.9. The van der Waals surface area contributed by atoms with E-state index in [9.17, 15) is 0 Å². The van der Waals surface area contributed by atoms with Crippen molar-refractivity contribution < 1.29 is 4.74 Å². The molecule has 0 spiro atoms. The lowest BCUT2D eigenvalue weighted by Crippen LogP contribution is -2.01. The summed E-state index contributed by atoms with van der Waals surface area (Å²) in [7, 11) is 1.52. The number of hydrogen-bond donors (Lipinski definition) is 1. The van der Waals surface area contributed by atoms with Crippen LogP contribution in [-0.2, 0) is 6.42 Å². The number of nitrogens with two attached hydrogens (primary N) is 1. The maximum absolute atomic E-state index is 5.78. The fraction of sp³-hybridized carbons (Fsp3) is 0.167. The van der Waals surface area contributed by atoms with Crippen molar-refractivity contribution in [1.29, 1.82) is 0 Å². The summed E-state index contributed by atoms with van der Waals surface area (Å²) in [4.78, 5) is 0. The van der Waals surface area contributed by atoms with E-state index in [4.69, 9.17) is 10.5 Å². The summed E-state index contributed by atoms with van der Waals surface area (Å²) in [5.74, 6) is 0.362. The van der Waals surface area contributed by atoms with E-state index in [0.717, 1.165) is 15.7 Å². The van der Waals surface area contributed by atoms with Crippen LogP contribution in [0.15, 0.2) is 34.8 Å². The number of halogens is 1. The van der Waals surface area contributed by atoms with Crippen molar-refractivity contribution >= 4 is 21.6 Å². The fourth-order valence-electron chi connectivity index (χ4n) is 1.52. The molecule has 1 heterocycles. The third-order valence-electron chi connectivity index (χ3n) is 2.36. The van der Waals surface area contributed by atoms with Gasteiger partial charge in [-0.25, -0.2) is 0 Å². The van der Waals surface area contributed by atoms with Gasteiger partial charge in [0.2, 0.25) is 0 Å². The number of anilines is 1. The lowest BCUT2D eigenvalue weighted by atomic mass is 10.1. The van der Waals surface area contributed by atoms with Crippen molar-refractivity contribution in [2.45, 2.75) is 6.42 Å². The zero-order valence-corrected chi connectivity index (χ0v) is 10.9. The molecule has 2 rings (SSSR count). The molecule has 0 bridgehead atoms. The summed E-state index contributed by atoms with van der Waals surface area (Å²) in [6.45, 7) is 0. The molecule has 0 saturated carbocycles. The highest BCUT2D eigenvalue weighted by molar-refractivity contribution is 9.10. The van der Waals surface area contributed by atoms with Crippen LogP contribution in [0, 0.1) is 0 Å². The van der Waals surface area contributed by atoms with E-state index in [1.807, 2.05) is 24.3 Å². The third-order valence-corrected chi connectivity index (χ3v) is 3.13. The van der Waals surface area contributed by atoms with E-state index in [2.05, 4.69) is 26.1 Å². The van der Waals surface area contributed by atoms with E-state index >= 15 is 0 Å². The topological polar surface area (TPSA) is 61.0 Å². The van der Waals surface area contributed by atoms with Gasteiger partial charge in [-0.1, -0.05) is 34.1 Å². The van der Waals surface area contributed by atoms with E-state index in [1.165, 1.54) is 7.11 Å². The van der Waals surface area contributed by atoms with Crippen molar-refractivity contribution in [3.63, 3.8) is 0 Å². The number of hydrogen-bond acceptors (Lipinski definition) is 4. The van der Waals surface area contributed by atoms with Gasteiger partial charge in [-0.05, 0) is 17.7 Å². The van der Waals surface area contributed by atoms with Gasteiger partial charge in [0.05, 0.1) is 18.5 Å². The van der Waals surface area contributed by atoms with Crippen LogP contribution in [0.25, 0.3) is 0 Å². The van der Waals surface area contributed by atoms with Crippen LogP contribution >= 0.6 is 15.9 Å². The van der Waals surface area contributed by atoms with E-state index in [1.54, 1.807) is 6.07 Å². The molecule has 17 heavy (non-hydrogen) atoms. The van der Waals surface area contributed by atoms with Crippen LogP contribution in [0.1, 0.15) is 11.3 Å². The van der Waals surface area contributed by atoms with Crippen LogP contribution in [0.4, 0.5) is 5.69 Å². The summed E-state index contributed by atoms with van der Waals surface area (Å²) in [5, 5.41) is 7.98. The molecule has 0 aliphatic heterocycles. The van der Waals surface area contributed by atoms with Crippen molar-refractivity contribution in [3.8, 4) is 5.88 Å². The first-order chi connectivity index (χ1) is 8.20. The second kappa shape index (κ2) is 5.14. The lowest BCUT2D eigenvalue weighted by Gasteiger charge is -2.06. The molecule has 0 amide bonds. The molecule has 1 aromatic carbocycles. The summed E-state index contributed by atoms with van der Waals surface area (Å²) < 4.78 is 6.02. The maximum Gasteiger partial charge on any atom is 0.256 e. The Morgan fingerprint density at radius 2 is 2.06 bits per heavy atom. The van der Waals surface area contributed by atoms with Crippen molar-refractivity contribution in [1.82, 2.24) is 10.2 Å². The lowest BCUT2D eigenvalue weighted by molar-refractivity contribution is 0.393. The second-order valence-electron chi connectivity index (χ2n) is 3.57. The first-order valence-corrected chi connectivity index (χ1v) is 5.89. The molecule has 2 aromatic rings. The van der Waals surface area contributed by atoms with Crippen LogP contribution in [-0.4, -0.2) is 17.3 Å². The zero-order chi connectivity index (χ0) is 12.3. The van der Waals surface area contributed by atoms with E-state index < -0.39 is 0 Å². The van der Waals surface area contributed by atoms with E-state index in [-0.39, 0.29) is 0 Å². The average molecular weight is 294 g/mol. The predicted molar refractivity (Wildman–Crippen MR) is 69.9 cm³/mol. The highest BCUT2D eigenvalue weighted by atomic mass is 79.9. The summed E-state index contributed by atoms with van der Waals surface area (Å²) in [6, 6.07) is 9.77. The average Bonchev–Trinajstić information content (AvgIpc) is 2.32. The minimum Gasteiger partial charge on any atom is -0.478 e. The van der Waals surface area contributed by atoms with Crippen molar-refractivity contribution in [2.24, 2.45) is 0 Å². The molecule has 4 nitrogen and oxygen atoms in total. The van der Waals surface area contributed by atoms with Gasteiger partial charge in [-0.2, -0.15) is 5.10 Å². The van der Waals surface area contributed by atoms with Gasteiger partial charge in [0.25, 0.3) is 5.88 Å². The van der Waals surface area contributed by atoms with Crippen molar-refractivity contribution in [2.75, 3.05) is 12.8 Å². The SMILES string of the molecule is COc1nnc(Cc2ccccc2Br)cc1N. The highest BCUT2D eigenvalue weighted by Crippen LogP contribution is 2.21. The highest BCUT2D eigenvalue weighted by Gasteiger charge is 2.06. The van der Waals surface area contributed by atoms with Gasteiger partial charge < -0.3 is 10.5 Å². The number of benzene rings is 1. The molecular weight excluding hydrogens is 282 g/mol. The zero-order valence-electron chi connectivity index (χ0n) is 9.35. The number of methoxy groups -OCH3 is 1. The first-order valence-electron chi connectivity index (χ1n) is 5.10. The molecule has 2 N–H and O–H groups in total. The number of rotatable bonds is 3. The molecule has 5 heteroatoms. The number of aromatic nitrogens is 2. The Kier molecular flexibility index (Phi) is 3.58. The Morgan fingerprint density at radius 1 is 1.29 bits per heavy atom. The monoisotopic (exact) mass is 293 g/mol. The third kappa shape index (κ3) is 2.74. The minimum absolute atomic E-state index is 0.362.